The number of non-ortho nitro benzene ring substituents is 1. The van der Waals surface area contributed by atoms with Crippen LogP contribution in [0.3, 0.4) is 0 Å². The fraction of sp³-hybridized carbons (Fsp3) is 0.391. The molecule has 29 heavy (non-hydrogen) atoms. The topological polar surface area (TPSA) is 81.8 Å². The Morgan fingerprint density at radius 1 is 1.03 bits per heavy atom. The van der Waals surface area contributed by atoms with E-state index in [1.165, 1.54) is 12.5 Å². The number of hydrogen-bond acceptors (Lipinski definition) is 5. The molecule has 2 aromatic rings. The molecule has 6 nitrogen and oxygen atoms in total. The number of benzene rings is 2. The van der Waals surface area contributed by atoms with Crippen LogP contribution in [0.1, 0.15) is 70.1 Å². The zero-order valence-corrected chi connectivity index (χ0v) is 17.3. The average Bonchev–Trinajstić information content (AvgIpc) is 2.95. The van der Waals surface area contributed by atoms with E-state index in [0.29, 0.717) is 5.71 Å². The average molecular weight is 394 g/mol. The number of rotatable bonds is 7. The highest BCUT2D eigenvalue weighted by atomic mass is 16.7. The lowest BCUT2D eigenvalue weighted by Crippen LogP contribution is -2.25. The van der Waals surface area contributed by atoms with Gasteiger partial charge in [0, 0.05) is 24.5 Å². The van der Waals surface area contributed by atoms with Crippen LogP contribution in [0.5, 0.6) is 0 Å². The first-order valence-corrected chi connectivity index (χ1v) is 10.0. The third-order valence-electron chi connectivity index (χ3n) is 5.64. The molecular formula is C23H26N2O4. The van der Waals surface area contributed by atoms with Crippen LogP contribution in [-0.2, 0) is 15.0 Å². The molecule has 0 saturated carbocycles. The van der Waals surface area contributed by atoms with Gasteiger partial charge in [0.25, 0.3) is 5.69 Å². The van der Waals surface area contributed by atoms with Crippen molar-refractivity contribution in [3.8, 4) is 11.1 Å². The van der Waals surface area contributed by atoms with Crippen molar-refractivity contribution in [2.75, 3.05) is 0 Å². The van der Waals surface area contributed by atoms with E-state index < -0.39 is 5.97 Å². The second-order valence-corrected chi connectivity index (χ2v) is 7.59. The number of nitro benzene ring substituents is 1. The van der Waals surface area contributed by atoms with Gasteiger partial charge in [-0.1, -0.05) is 44.0 Å². The first kappa shape index (κ1) is 20.7. The smallest absolute Gasteiger partial charge is 0.318 e. The van der Waals surface area contributed by atoms with E-state index in [-0.39, 0.29) is 16.0 Å². The summed E-state index contributed by atoms with van der Waals surface area (Å²) in [6, 6.07) is 11.3. The van der Waals surface area contributed by atoms with E-state index in [2.05, 4.69) is 31.1 Å². The van der Waals surface area contributed by atoms with Crippen molar-refractivity contribution in [2.24, 2.45) is 5.16 Å². The van der Waals surface area contributed by atoms with E-state index in [4.69, 9.17) is 4.84 Å². The number of nitro groups is 1. The monoisotopic (exact) mass is 394 g/mol. The summed E-state index contributed by atoms with van der Waals surface area (Å²) >= 11 is 0. The minimum atomic E-state index is -0.462. The van der Waals surface area contributed by atoms with Crippen molar-refractivity contribution in [3.63, 3.8) is 0 Å². The summed E-state index contributed by atoms with van der Waals surface area (Å²) in [5.41, 5.74) is 5.74. The van der Waals surface area contributed by atoms with Crippen LogP contribution in [0, 0.1) is 10.1 Å². The lowest BCUT2D eigenvalue weighted by atomic mass is 9.71. The molecule has 1 aliphatic carbocycles. The number of fused-ring (bicyclic) bond motifs is 3. The highest BCUT2D eigenvalue weighted by molar-refractivity contribution is 6.00. The number of nitrogens with zero attached hydrogens (tertiary/aromatic N) is 2. The van der Waals surface area contributed by atoms with Crippen LogP contribution in [0.4, 0.5) is 5.69 Å². The lowest BCUT2D eigenvalue weighted by molar-refractivity contribution is -0.384. The molecule has 0 heterocycles. The predicted molar refractivity (Wildman–Crippen MR) is 113 cm³/mol. The maximum atomic E-state index is 11.4. The molecule has 1 aliphatic rings. The molecule has 0 bridgehead atoms. The summed E-state index contributed by atoms with van der Waals surface area (Å²) in [4.78, 5) is 27.0. The highest BCUT2D eigenvalue weighted by Crippen LogP contribution is 2.54. The van der Waals surface area contributed by atoms with Gasteiger partial charge in [-0.2, -0.15) is 0 Å². The Hall–Kier alpha value is -3.02. The Bertz CT molecular complexity index is 988. The van der Waals surface area contributed by atoms with Crippen LogP contribution >= 0.6 is 0 Å². The molecule has 0 fully saturated rings. The molecule has 2 aromatic carbocycles. The van der Waals surface area contributed by atoms with Gasteiger partial charge in [-0.3, -0.25) is 10.1 Å². The zero-order chi connectivity index (χ0) is 21.2. The standard InChI is InChI=1S/C23H26N2O4/c1-5-11-23(12-6-2)21-13-17(15(3)24-29-16(4)26)7-9-19(21)20-10-8-18(25(27)28)14-22(20)23/h7-10,13-14H,5-6,11-12H2,1-4H3. The molecule has 0 aromatic heterocycles. The Labute approximate surface area is 170 Å². The normalized spacial score (nSPS) is 14.3. The van der Waals surface area contributed by atoms with Crippen LogP contribution in [0.2, 0.25) is 0 Å². The van der Waals surface area contributed by atoms with E-state index in [1.54, 1.807) is 19.1 Å². The third-order valence-corrected chi connectivity index (χ3v) is 5.64. The molecule has 0 aliphatic heterocycles. The first-order valence-electron chi connectivity index (χ1n) is 10.0. The number of oxime groups is 1. The van der Waals surface area contributed by atoms with Gasteiger partial charge >= 0.3 is 5.97 Å². The number of carbonyl (C=O) groups excluding carboxylic acids is 1. The Morgan fingerprint density at radius 3 is 2.17 bits per heavy atom. The van der Waals surface area contributed by atoms with Crippen molar-refractivity contribution in [2.45, 2.75) is 58.8 Å². The van der Waals surface area contributed by atoms with Crippen molar-refractivity contribution >= 4 is 17.4 Å². The zero-order valence-electron chi connectivity index (χ0n) is 17.3. The predicted octanol–water partition coefficient (Wildman–Crippen LogP) is 5.75. The fourth-order valence-electron chi connectivity index (χ4n) is 4.52. The maximum absolute atomic E-state index is 11.4. The maximum Gasteiger partial charge on any atom is 0.331 e. The van der Waals surface area contributed by atoms with Gasteiger partial charge in [-0.05, 0) is 59.7 Å². The van der Waals surface area contributed by atoms with Crippen molar-refractivity contribution in [1.29, 1.82) is 0 Å². The molecule has 0 atom stereocenters. The summed E-state index contributed by atoms with van der Waals surface area (Å²) in [6.45, 7) is 7.41. The SMILES string of the molecule is CCCC1(CCC)c2cc(C(C)=NOC(C)=O)ccc2-c2ccc([N+](=O)[O-])cc21. The van der Waals surface area contributed by atoms with E-state index in [9.17, 15) is 14.9 Å². The number of hydrogen-bond donors (Lipinski definition) is 0. The molecular weight excluding hydrogens is 368 g/mol. The van der Waals surface area contributed by atoms with Gasteiger partial charge < -0.3 is 4.84 Å². The fourth-order valence-corrected chi connectivity index (χ4v) is 4.52. The van der Waals surface area contributed by atoms with Gasteiger partial charge in [-0.25, -0.2) is 4.79 Å². The summed E-state index contributed by atoms with van der Waals surface area (Å²) in [6.07, 6.45) is 3.75. The molecule has 0 amide bonds. The molecule has 0 saturated heterocycles. The molecule has 0 unspecified atom stereocenters. The van der Waals surface area contributed by atoms with Crippen LogP contribution in [0.25, 0.3) is 11.1 Å². The molecule has 0 N–H and O–H groups in total. The van der Waals surface area contributed by atoms with Crippen LogP contribution in [-0.4, -0.2) is 16.6 Å². The Morgan fingerprint density at radius 2 is 1.62 bits per heavy atom. The van der Waals surface area contributed by atoms with E-state index in [0.717, 1.165) is 47.9 Å². The summed E-state index contributed by atoms with van der Waals surface area (Å²) in [7, 11) is 0. The van der Waals surface area contributed by atoms with Gasteiger partial charge in [0.05, 0.1) is 10.6 Å². The summed E-state index contributed by atoms with van der Waals surface area (Å²) in [5.74, 6) is -0.462. The molecule has 0 radical (unpaired) electrons. The van der Waals surface area contributed by atoms with Gasteiger partial charge in [0.2, 0.25) is 0 Å². The van der Waals surface area contributed by atoms with Gasteiger partial charge in [0.15, 0.2) is 0 Å². The largest absolute Gasteiger partial charge is 0.331 e. The van der Waals surface area contributed by atoms with Crippen molar-refractivity contribution in [3.05, 3.63) is 63.2 Å². The van der Waals surface area contributed by atoms with Crippen LogP contribution in [0.15, 0.2) is 41.6 Å². The summed E-state index contributed by atoms with van der Waals surface area (Å²) < 4.78 is 0. The third kappa shape index (κ3) is 3.67. The Balaban J connectivity index is 2.22. The second kappa shape index (κ2) is 8.15. The number of carbonyl (C=O) groups is 1. The minimum absolute atomic E-state index is 0.126. The van der Waals surface area contributed by atoms with Crippen molar-refractivity contribution in [1.82, 2.24) is 0 Å². The molecule has 3 rings (SSSR count). The quantitative estimate of drug-likeness (QED) is 0.259. The molecule has 152 valence electrons. The van der Waals surface area contributed by atoms with Crippen molar-refractivity contribution < 1.29 is 14.6 Å². The minimum Gasteiger partial charge on any atom is -0.318 e. The Kier molecular flexibility index (Phi) is 5.82. The lowest BCUT2D eigenvalue weighted by Gasteiger charge is -2.32. The van der Waals surface area contributed by atoms with Crippen LogP contribution < -0.4 is 0 Å². The molecule has 6 heteroatoms. The van der Waals surface area contributed by atoms with Gasteiger partial charge in [-0.15, -0.1) is 0 Å². The van der Waals surface area contributed by atoms with Gasteiger partial charge in [0.1, 0.15) is 0 Å². The first-order chi connectivity index (χ1) is 13.8. The van der Waals surface area contributed by atoms with E-state index in [1.807, 2.05) is 12.1 Å². The summed E-state index contributed by atoms with van der Waals surface area (Å²) in [5, 5.41) is 15.3. The molecule has 0 spiro atoms. The second-order valence-electron chi connectivity index (χ2n) is 7.59. The van der Waals surface area contributed by atoms with E-state index >= 15 is 0 Å². The highest BCUT2D eigenvalue weighted by Gasteiger charge is 2.42.